The minimum absolute atomic E-state index is 0.217. The zero-order valence-electron chi connectivity index (χ0n) is 16.7. The van der Waals surface area contributed by atoms with E-state index in [9.17, 15) is 9.65 Å². The second kappa shape index (κ2) is 8.81. The fourth-order valence-electron chi connectivity index (χ4n) is 4.31. The van der Waals surface area contributed by atoms with Gasteiger partial charge in [0.25, 0.3) is 0 Å². The standard InChI is InChI=1S/C23H27FN4O/c1-29-23-7-5-17(12-21(23)24)16-4-6-22(18(11-16)13-25)28-10-8-20(15-28)27-14-19-3-2-9-26-19/h4-7,11-12,19-20,26-27H,2-3,8-10,14-15H2,1H3. The lowest BCUT2D eigenvalue weighted by Gasteiger charge is -2.21. The molecule has 2 aliphatic rings. The lowest BCUT2D eigenvalue weighted by atomic mass is 10.0. The molecule has 2 aromatic rings. The van der Waals surface area contributed by atoms with Crippen LogP contribution in [0.25, 0.3) is 11.1 Å². The van der Waals surface area contributed by atoms with Gasteiger partial charge in [-0.05, 0) is 61.2 Å². The van der Waals surface area contributed by atoms with Gasteiger partial charge < -0.3 is 20.3 Å². The molecule has 0 spiro atoms. The molecule has 0 radical (unpaired) electrons. The molecule has 2 aromatic carbocycles. The topological polar surface area (TPSA) is 60.3 Å². The van der Waals surface area contributed by atoms with Crippen LogP contribution in [0.5, 0.6) is 5.75 Å². The summed E-state index contributed by atoms with van der Waals surface area (Å²) in [6.07, 6.45) is 3.58. The van der Waals surface area contributed by atoms with Gasteiger partial charge in [-0.25, -0.2) is 4.39 Å². The van der Waals surface area contributed by atoms with Gasteiger partial charge in [0.15, 0.2) is 11.6 Å². The summed E-state index contributed by atoms with van der Waals surface area (Å²) in [7, 11) is 1.45. The van der Waals surface area contributed by atoms with Crippen LogP contribution in [-0.2, 0) is 0 Å². The Morgan fingerprint density at radius 3 is 2.79 bits per heavy atom. The van der Waals surface area contributed by atoms with Crippen LogP contribution in [0.1, 0.15) is 24.8 Å². The summed E-state index contributed by atoms with van der Waals surface area (Å²) in [5, 5.41) is 16.9. The van der Waals surface area contributed by atoms with Gasteiger partial charge in [-0.2, -0.15) is 5.26 Å². The van der Waals surface area contributed by atoms with Crippen molar-refractivity contribution in [3.8, 4) is 22.9 Å². The van der Waals surface area contributed by atoms with E-state index in [1.54, 1.807) is 6.07 Å². The normalized spacial score (nSPS) is 21.3. The lowest BCUT2D eigenvalue weighted by Crippen LogP contribution is -2.40. The lowest BCUT2D eigenvalue weighted by molar-refractivity contribution is 0.386. The molecule has 6 heteroatoms. The Balaban J connectivity index is 1.46. The first-order valence-corrected chi connectivity index (χ1v) is 10.3. The predicted molar refractivity (Wildman–Crippen MR) is 113 cm³/mol. The van der Waals surface area contributed by atoms with Crippen LogP contribution in [0.15, 0.2) is 36.4 Å². The first kappa shape index (κ1) is 19.7. The Labute approximate surface area is 171 Å². The quantitative estimate of drug-likeness (QED) is 0.787. The third kappa shape index (κ3) is 4.36. The van der Waals surface area contributed by atoms with Crippen molar-refractivity contribution in [2.24, 2.45) is 0 Å². The largest absolute Gasteiger partial charge is 0.494 e. The van der Waals surface area contributed by atoms with Crippen molar-refractivity contribution >= 4 is 5.69 Å². The molecule has 2 atom stereocenters. The predicted octanol–water partition coefficient (Wildman–Crippen LogP) is 3.29. The Morgan fingerprint density at radius 2 is 2.07 bits per heavy atom. The van der Waals surface area contributed by atoms with E-state index in [1.807, 2.05) is 24.3 Å². The van der Waals surface area contributed by atoms with Crippen molar-refractivity contribution in [3.63, 3.8) is 0 Å². The SMILES string of the molecule is COc1ccc(-c2ccc(N3CCC(NCC4CCCN4)C3)c(C#N)c2)cc1F. The molecule has 0 aromatic heterocycles. The third-order valence-corrected chi connectivity index (χ3v) is 5.95. The molecule has 4 rings (SSSR count). The summed E-state index contributed by atoms with van der Waals surface area (Å²) >= 11 is 0. The number of ether oxygens (including phenoxy) is 1. The van der Waals surface area contributed by atoms with Crippen LogP contribution in [0.3, 0.4) is 0 Å². The Hall–Kier alpha value is -2.62. The Morgan fingerprint density at radius 1 is 1.24 bits per heavy atom. The number of nitrogens with one attached hydrogen (secondary N) is 2. The Bertz CT molecular complexity index is 904. The summed E-state index contributed by atoms with van der Waals surface area (Å²) in [6.45, 7) is 3.96. The number of hydrogen-bond donors (Lipinski definition) is 2. The van der Waals surface area contributed by atoms with Crippen LogP contribution in [0.4, 0.5) is 10.1 Å². The maximum Gasteiger partial charge on any atom is 0.165 e. The fraction of sp³-hybridized carbons (Fsp3) is 0.435. The molecule has 2 N–H and O–H groups in total. The summed E-state index contributed by atoms with van der Waals surface area (Å²) in [6, 6.07) is 14.0. The molecule has 5 nitrogen and oxygen atoms in total. The summed E-state index contributed by atoms with van der Waals surface area (Å²) in [4.78, 5) is 2.27. The van der Waals surface area contributed by atoms with Crippen molar-refractivity contribution in [2.45, 2.75) is 31.3 Å². The average molecular weight is 394 g/mol. The number of nitrogens with zero attached hydrogens (tertiary/aromatic N) is 2. The van der Waals surface area contributed by atoms with Gasteiger partial charge in [-0.3, -0.25) is 0 Å². The smallest absolute Gasteiger partial charge is 0.165 e. The van der Waals surface area contributed by atoms with Crippen molar-refractivity contribution in [3.05, 3.63) is 47.8 Å². The maximum atomic E-state index is 14.1. The number of halogens is 1. The summed E-state index contributed by atoms with van der Waals surface area (Å²) in [5.74, 6) is -0.188. The molecule has 2 heterocycles. The minimum Gasteiger partial charge on any atom is -0.494 e. The van der Waals surface area contributed by atoms with E-state index < -0.39 is 5.82 Å². The molecule has 0 saturated carbocycles. The van der Waals surface area contributed by atoms with Gasteiger partial charge in [-0.1, -0.05) is 12.1 Å². The molecule has 152 valence electrons. The molecule has 2 aliphatic heterocycles. The number of hydrogen-bond acceptors (Lipinski definition) is 5. The van der Waals surface area contributed by atoms with E-state index in [-0.39, 0.29) is 5.75 Å². The highest BCUT2D eigenvalue weighted by Gasteiger charge is 2.25. The van der Waals surface area contributed by atoms with Crippen molar-refractivity contribution in [2.75, 3.05) is 38.2 Å². The van der Waals surface area contributed by atoms with E-state index in [1.165, 1.54) is 26.0 Å². The van der Waals surface area contributed by atoms with E-state index >= 15 is 0 Å². The van der Waals surface area contributed by atoms with Crippen LogP contribution in [0.2, 0.25) is 0 Å². The third-order valence-electron chi connectivity index (χ3n) is 5.95. The van der Waals surface area contributed by atoms with Crippen LogP contribution >= 0.6 is 0 Å². The van der Waals surface area contributed by atoms with E-state index in [0.29, 0.717) is 17.6 Å². The minimum atomic E-state index is -0.405. The highest BCUT2D eigenvalue weighted by molar-refractivity contribution is 5.72. The molecule has 2 unspecified atom stereocenters. The fourth-order valence-corrected chi connectivity index (χ4v) is 4.31. The number of rotatable bonds is 6. The number of benzene rings is 2. The second-order valence-electron chi connectivity index (χ2n) is 7.83. The summed E-state index contributed by atoms with van der Waals surface area (Å²) in [5.41, 5.74) is 3.13. The zero-order valence-corrected chi connectivity index (χ0v) is 16.7. The second-order valence-corrected chi connectivity index (χ2v) is 7.83. The molecular weight excluding hydrogens is 367 g/mol. The number of nitriles is 1. The van der Waals surface area contributed by atoms with Gasteiger partial charge in [0, 0.05) is 31.7 Å². The molecule has 0 bridgehead atoms. The molecule has 0 aliphatic carbocycles. The van der Waals surface area contributed by atoms with Gasteiger partial charge in [0.1, 0.15) is 6.07 Å². The van der Waals surface area contributed by atoms with Crippen LogP contribution in [-0.4, -0.2) is 45.4 Å². The molecule has 0 amide bonds. The molecule has 29 heavy (non-hydrogen) atoms. The molecule has 2 fully saturated rings. The number of methoxy groups -OCH3 is 1. The van der Waals surface area contributed by atoms with Crippen molar-refractivity contribution < 1.29 is 9.13 Å². The maximum absolute atomic E-state index is 14.1. The van der Waals surface area contributed by atoms with Gasteiger partial charge in [0.2, 0.25) is 0 Å². The zero-order chi connectivity index (χ0) is 20.2. The highest BCUT2D eigenvalue weighted by Crippen LogP contribution is 2.31. The summed E-state index contributed by atoms with van der Waals surface area (Å²) < 4.78 is 19.0. The van der Waals surface area contributed by atoms with E-state index in [0.717, 1.165) is 49.4 Å². The molecule has 2 saturated heterocycles. The van der Waals surface area contributed by atoms with Gasteiger partial charge >= 0.3 is 0 Å². The van der Waals surface area contributed by atoms with E-state index in [2.05, 4.69) is 21.6 Å². The van der Waals surface area contributed by atoms with Gasteiger partial charge in [0.05, 0.1) is 18.4 Å². The first-order valence-electron chi connectivity index (χ1n) is 10.3. The van der Waals surface area contributed by atoms with Gasteiger partial charge in [-0.15, -0.1) is 0 Å². The Kier molecular flexibility index (Phi) is 5.98. The van der Waals surface area contributed by atoms with E-state index in [4.69, 9.17) is 4.74 Å². The highest BCUT2D eigenvalue weighted by atomic mass is 19.1. The molecular formula is C23H27FN4O. The first-order chi connectivity index (χ1) is 14.2. The monoisotopic (exact) mass is 394 g/mol. The van der Waals surface area contributed by atoms with Crippen molar-refractivity contribution in [1.29, 1.82) is 5.26 Å². The van der Waals surface area contributed by atoms with Crippen molar-refractivity contribution in [1.82, 2.24) is 10.6 Å². The average Bonchev–Trinajstić information content (AvgIpc) is 3.43. The van der Waals surface area contributed by atoms with Crippen LogP contribution in [0, 0.1) is 17.1 Å². The number of anilines is 1. The van der Waals surface area contributed by atoms with Crippen LogP contribution < -0.4 is 20.3 Å².